The summed E-state index contributed by atoms with van der Waals surface area (Å²) in [5, 5.41) is 6.76. The molecule has 1 aromatic rings. The van der Waals surface area contributed by atoms with Gasteiger partial charge in [-0.25, -0.2) is 8.42 Å². The molecule has 0 radical (unpaired) electrons. The summed E-state index contributed by atoms with van der Waals surface area (Å²) in [5.74, 6) is 0.682. The van der Waals surface area contributed by atoms with Crippen LogP contribution in [-0.2, 0) is 21.1 Å². The SMILES string of the molecule is CN=C(NCC1(S(C)(=O)=O)CCOCC1)NC1CCN(Cc2ccccc2)CC1.I. The number of hydrogen-bond donors (Lipinski definition) is 2. The first-order chi connectivity index (χ1) is 13.9. The molecule has 0 saturated carbocycles. The minimum absolute atomic E-state index is 0. The molecule has 2 saturated heterocycles. The number of nitrogens with zero attached hydrogens (tertiary/aromatic N) is 2. The first kappa shape index (κ1) is 25.4. The smallest absolute Gasteiger partial charge is 0.191 e. The van der Waals surface area contributed by atoms with Crippen LogP contribution in [0.1, 0.15) is 31.2 Å². The number of benzene rings is 1. The average Bonchev–Trinajstić information content (AvgIpc) is 2.73. The largest absolute Gasteiger partial charge is 0.381 e. The zero-order valence-corrected chi connectivity index (χ0v) is 21.1. The number of guanidine groups is 1. The van der Waals surface area contributed by atoms with Crippen molar-refractivity contribution in [2.45, 2.75) is 43.0 Å². The molecule has 0 amide bonds. The second kappa shape index (κ2) is 11.6. The van der Waals surface area contributed by atoms with Crippen LogP contribution in [0.2, 0.25) is 0 Å². The Kier molecular flexibility index (Phi) is 9.83. The van der Waals surface area contributed by atoms with Crippen molar-refractivity contribution in [3.05, 3.63) is 35.9 Å². The number of hydrogen-bond acceptors (Lipinski definition) is 5. The van der Waals surface area contributed by atoms with Gasteiger partial charge in [-0.15, -0.1) is 24.0 Å². The second-order valence-corrected chi connectivity index (χ2v) is 10.6. The van der Waals surface area contributed by atoms with Gasteiger partial charge in [-0.2, -0.15) is 0 Å². The van der Waals surface area contributed by atoms with Crippen LogP contribution in [0.25, 0.3) is 0 Å². The summed E-state index contributed by atoms with van der Waals surface area (Å²) in [6.07, 6.45) is 4.46. The second-order valence-electron chi connectivity index (χ2n) is 8.17. The lowest BCUT2D eigenvalue weighted by molar-refractivity contribution is 0.0756. The van der Waals surface area contributed by atoms with Crippen LogP contribution in [0.3, 0.4) is 0 Å². The van der Waals surface area contributed by atoms with Gasteiger partial charge >= 0.3 is 0 Å². The van der Waals surface area contributed by atoms with Crippen LogP contribution >= 0.6 is 24.0 Å². The highest BCUT2D eigenvalue weighted by atomic mass is 127. The van der Waals surface area contributed by atoms with E-state index in [2.05, 4.69) is 44.8 Å². The normalized spacial score (nSPS) is 20.9. The van der Waals surface area contributed by atoms with Crippen LogP contribution < -0.4 is 10.6 Å². The minimum atomic E-state index is -3.19. The fourth-order valence-electron chi connectivity index (χ4n) is 4.13. The molecule has 2 aliphatic heterocycles. The number of sulfone groups is 1. The maximum atomic E-state index is 12.4. The Morgan fingerprint density at radius 2 is 1.83 bits per heavy atom. The molecular formula is C21H35IN4O3S. The monoisotopic (exact) mass is 550 g/mol. The summed E-state index contributed by atoms with van der Waals surface area (Å²) >= 11 is 0. The zero-order valence-electron chi connectivity index (χ0n) is 18.0. The van der Waals surface area contributed by atoms with E-state index in [4.69, 9.17) is 4.74 Å². The van der Waals surface area contributed by atoms with Crippen molar-refractivity contribution in [3.63, 3.8) is 0 Å². The molecule has 2 fully saturated rings. The molecular weight excluding hydrogens is 515 g/mol. The highest BCUT2D eigenvalue weighted by Crippen LogP contribution is 2.28. The molecule has 9 heteroatoms. The Labute approximate surface area is 198 Å². The number of halogens is 1. The molecule has 0 spiro atoms. The summed E-state index contributed by atoms with van der Waals surface area (Å²) in [6.45, 7) is 4.39. The van der Waals surface area contributed by atoms with Gasteiger partial charge in [0, 0.05) is 58.7 Å². The van der Waals surface area contributed by atoms with Crippen LogP contribution in [0, 0.1) is 0 Å². The topological polar surface area (TPSA) is 83.0 Å². The molecule has 0 unspecified atom stereocenters. The van der Waals surface area contributed by atoms with E-state index in [-0.39, 0.29) is 24.0 Å². The van der Waals surface area contributed by atoms with E-state index >= 15 is 0 Å². The van der Waals surface area contributed by atoms with Gasteiger partial charge in [0.05, 0.1) is 4.75 Å². The highest BCUT2D eigenvalue weighted by Gasteiger charge is 2.42. The lowest BCUT2D eigenvalue weighted by Gasteiger charge is -2.37. The average molecular weight is 551 g/mol. The van der Waals surface area contributed by atoms with Crippen LogP contribution in [0.15, 0.2) is 35.3 Å². The summed E-state index contributed by atoms with van der Waals surface area (Å²) in [6, 6.07) is 10.9. The molecule has 1 aromatic carbocycles. The summed E-state index contributed by atoms with van der Waals surface area (Å²) < 4.78 is 29.5. The van der Waals surface area contributed by atoms with Crippen LogP contribution in [-0.4, -0.2) is 76.2 Å². The molecule has 30 heavy (non-hydrogen) atoms. The van der Waals surface area contributed by atoms with Crippen molar-refractivity contribution >= 4 is 39.8 Å². The number of rotatable bonds is 6. The van der Waals surface area contributed by atoms with E-state index in [9.17, 15) is 8.42 Å². The molecule has 170 valence electrons. The van der Waals surface area contributed by atoms with Crippen molar-refractivity contribution < 1.29 is 13.2 Å². The van der Waals surface area contributed by atoms with E-state index in [1.165, 1.54) is 11.8 Å². The quantitative estimate of drug-likeness (QED) is 0.321. The van der Waals surface area contributed by atoms with Gasteiger partial charge in [-0.1, -0.05) is 30.3 Å². The lowest BCUT2D eigenvalue weighted by atomic mass is 9.99. The van der Waals surface area contributed by atoms with Gasteiger partial charge in [0.25, 0.3) is 0 Å². The van der Waals surface area contributed by atoms with Crippen LogP contribution in [0.5, 0.6) is 0 Å². The fraction of sp³-hybridized carbons (Fsp3) is 0.667. The summed E-state index contributed by atoms with van der Waals surface area (Å²) in [4.78, 5) is 6.80. The molecule has 0 aromatic heterocycles. The Balaban J connectivity index is 0.00000320. The van der Waals surface area contributed by atoms with E-state index in [1.54, 1.807) is 7.05 Å². The Bertz CT molecular complexity index is 775. The molecule has 2 aliphatic rings. The maximum Gasteiger partial charge on any atom is 0.191 e. The standard InChI is InChI=1S/C21H34N4O3S.HI/c1-22-20(23-17-21(29(2,26)27)10-14-28-15-11-21)24-19-8-12-25(13-9-19)16-18-6-4-3-5-7-18;/h3-7,19H,8-17H2,1-2H3,(H2,22,23,24);1H. The fourth-order valence-corrected chi connectivity index (χ4v) is 5.37. The molecule has 7 nitrogen and oxygen atoms in total. The van der Waals surface area contributed by atoms with Crippen molar-refractivity contribution in [2.24, 2.45) is 4.99 Å². The third-order valence-corrected chi connectivity index (χ3v) is 8.30. The minimum Gasteiger partial charge on any atom is -0.381 e. The van der Waals surface area contributed by atoms with Crippen molar-refractivity contribution in [1.82, 2.24) is 15.5 Å². The van der Waals surface area contributed by atoms with Gasteiger partial charge in [-0.3, -0.25) is 9.89 Å². The van der Waals surface area contributed by atoms with Gasteiger partial charge < -0.3 is 15.4 Å². The van der Waals surface area contributed by atoms with E-state index in [0.29, 0.717) is 44.6 Å². The number of nitrogens with one attached hydrogen (secondary N) is 2. The zero-order chi connectivity index (χ0) is 20.7. The van der Waals surface area contributed by atoms with Crippen molar-refractivity contribution in [3.8, 4) is 0 Å². The molecule has 3 rings (SSSR count). The number of piperidine rings is 1. The predicted octanol–water partition coefficient (Wildman–Crippen LogP) is 2.03. The van der Waals surface area contributed by atoms with Gasteiger partial charge in [-0.05, 0) is 31.2 Å². The third kappa shape index (κ3) is 6.80. The summed E-state index contributed by atoms with van der Waals surface area (Å²) in [7, 11) is -1.46. The Hall–Kier alpha value is -0.910. The third-order valence-electron chi connectivity index (χ3n) is 6.17. The van der Waals surface area contributed by atoms with Gasteiger partial charge in [0.1, 0.15) is 0 Å². The number of aliphatic imine (C=N–C) groups is 1. The number of likely N-dealkylation sites (tertiary alicyclic amines) is 1. The maximum absolute atomic E-state index is 12.4. The molecule has 0 aliphatic carbocycles. The first-order valence-corrected chi connectivity index (χ1v) is 12.3. The molecule has 0 atom stereocenters. The summed E-state index contributed by atoms with van der Waals surface area (Å²) in [5.41, 5.74) is 1.35. The van der Waals surface area contributed by atoms with Crippen molar-refractivity contribution in [1.29, 1.82) is 0 Å². The van der Waals surface area contributed by atoms with E-state index in [1.807, 2.05) is 6.07 Å². The molecule has 0 bridgehead atoms. The van der Waals surface area contributed by atoms with Crippen LogP contribution in [0.4, 0.5) is 0 Å². The number of ether oxygens (including phenoxy) is 1. The first-order valence-electron chi connectivity index (χ1n) is 10.4. The van der Waals surface area contributed by atoms with E-state index in [0.717, 1.165) is 32.5 Å². The Morgan fingerprint density at radius 1 is 1.20 bits per heavy atom. The van der Waals surface area contributed by atoms with Crippen molar-refractivity contribution in [2.75, 3.05) is 46.2 Å². The van der Waals surface area contributed by atoms with Gasteiger partial charge in [0.15, 0.2) is 15.8 Å². The van der Waals surface area contributed by atoms with Gasteiger partial charge in [0.2, 0.25) is 0 Å². The molecule has 2 N–H and O–H groups in total. The van der Waals surface area contributed by atoms with E-state index < -0.39 is 14.6 Å². The Morgan fingerprint density at radius 3 is 2.40 bits per heavy atom. The predicted molar refractivity (Wildman–Crippen MR) is 132 cm³/mol. The molecule has 2 heterocycles. The highest BCUT2D eigenvalue weighted by molar-refractivity contribution is 14.0. The lowest BCUT2D eigenvalue weighted by Crippen LogP contribution is -2.55.